The van der Waals surface area contributed by atoms with E-state index in [1.165, 1.54) is 12.1 Å². The van der Waals surface area contributed by atoms with E-state index in [0.29, 0.717) is 11.4 Å². The van der Waals surface area contributed by atoms with Crippen LogP contribution in [0.4, 0.5) is 13.2 Å². The Morgan fingerprint density at radius 3 is 2.38 bits per heavy atom. The minimum absolute atomic E-state index is 0.259. The van der Waals surface area contributed by atoms with E-state index in [-0.39, 0.29) is 6.42 Å². The van der Waals surface area contributed by atoms with Crippen LogP contribution in [0.25, 0.3) is 5.69 Å². The lowest BCUT2D eigenvalue weighted by Crippen LogP contribution is -2.18. The van der Waals surface area contributed by atoms with E-state index in [1.54, 1.807) is 22.9 Å². The molecule has 0 amide bonds. The van der Waals surface area contributed by atoms with Crippen molar-refractivity contribution in [2.75, 3.05) is 0 Å². The van der Waals surface area contributed by atoms with Crippen molar-refractivity contribution in [1.29, 1.82) is 0 Å². The molecule has 0 aliphatic heterocycles. The van der Waals surface area contributed by atoms with Crippen LogP contribution < -0.4 is 5.73 Å². The smallest absolute Gasteiger partial charge is 0.416 e. The van der Waals surface area contributed by atoms with Gasteiger partial charge in [0.15, 0.2) is 0 Å². The van der Waals surface area contributed by atoms with Gasteiger partial charge < -0.3 is 15.4 Å². The highest BCUT2D eigenvalue weighted by Gasteiger charge is 2.30. The molecule has 0 saturated carbocycles. The molecule has 1 aromatic carbocycles. The van der Waals surface area contributed by atoms with E-state index in [1.807, 2.05) is 0 Å². The average molecular weight is 298 g/mol. The fraction of sp³-hybridized carbons (Fsp3) is 0.214. The Morgan fingerprint density at radius 2 is 1.86 bits per heavy atom. The molecule has 0 bridgehead atoms. The lowest BCUT2D eigenvalue weighted by atomic mass is 10.1. The Hall–Kier alpha value is -2.28. The topological polar surface area (TPSA) is 68.2 Å². The Balaban J connectivity index is 2.31. The van der Waals surface area contributed by atoms with Gasteiger partial charge in [-0.3, -0.25) is 4.79 Å². The second-order valence-corrected chi connectivity index (χ2v) is 4.55. The molecular formula is C14H13F3N2O2. The Bertz CT molecular complexity index is 632. The second-order valence-electron chi connectivity index (χ2n) is 4.55. The maximum Gasteiger partial charge on any atom is 0.416 e. The third-order valence-electron chi connectivity index (χ3n) is 3.03. The van der Waals surface area contributed by atoms with E-state index in [9.17, 15) is 18.0 Å². The molecule has 4 nitrogen and oxygen atoms in total. The molecule has 0 aliphatic rings. The maximum absolute atomic E-state index is 12.5. The summed E-state index contributed by atoms with van der Waals surface area (Å²) < 4.78 is 39.1. The first-order chi connectivity index (χ1) is 9.79. The summed E-state index contributed by atoms with van der Waals surface area (Å²) in [7, 11) is 0. The van der Waals surface area contributed by atoms with Crippen LogP contribution in [0.2, 0.25) is 0 Å². The molecule has 112 valence electrons. The van der Waals surface area contributed by atoms with Crippen molar-refractivity contribution in [3.63, 3.8) is 0 Å². The summed E-state index contributed by atoms with van der Waals surface area (Å²) in [6.45, 7) is 0. The van der Waals surface area contributed by atoms with Crippen molar-refractivity contribution in [1.82, 2.24) is 4.57 Å². The van der Waals surface area contributed by atoms with Gasteiger partial charge in [0.05, 0.1) is 18.0 Å². The quantitative estimate of drug-likeness (QED) is 0.911. The first-order valence-corrected chi connectivity index (χ1v) is 6.11. The van der Waals surface area contributed by atoms with Crippen molar-refractivity contribution in [3.05, 3.63) is 53.9 Å². The number of nitrogens with zero attached hydrogens (tertiary/aromatic N) is 1. The normalized spacial score (nSPS) is 13.1. The molecule has 2 aromatic rings. The number of alkyl halides is 3. The molecule has 21 heavy (non-hydrogen) atoms. The third kappa shape index (κ3) is 3.43. The number of aliphatic carboxylic acids is 1. The molecule has 2 rings (SSSR count). The SMILES string of the molecule is NC(CC(=O)O)c1cccn1-c1ccc(C(F)(F)F)cc1. The highest BCUT2D eigenvalue weighted by molar-refractivity contribution is 5.67. The number of carbonyl (C=O) groups is 1. The molecule has 1 unspecified atom stereocenters. The number of rotatable bonds is 4. The molecular weight excluding hydrogens is 285 g/mol. The van der Waals surface area contributed by atoms with Gasteiger partial charge in [0.1, 0.15) is 0 Å². The number of hydrogen-bond donors (Lipinski definition) is 2. The van der Waals surface area contributed by atoms with Gasteiger partial charge in [-0.05, 0) is 36.4 Å². The fourth-order valence-electron chi connectivity index (χ4n) is 2.04. The van der Waals surface area contributed by atoms with Crippen LogP contribution in [-0.2, 0) is 11.0 Å². The Kier molecular flexibility index (Phi) is 4.04. The molecule has 0 fully saturated rings. The fourth-order valence-corrected chi connectivity index (χ4v) is 2.04. The summed E-state index contributed by atoms with van der Waals surface area (Å²) in [5.41, 5.74) is 6.07. The van der Waals surface area contributed by atoms with Crippen LogP contribution in [-0.4, -0.2) is 15.6 Å². The maximum atomic E-state index is 12.5. The minimum atomic E-state index is -4.39. The zero-order valence-corrected chi connectivity index (χ0v) is 10.8. The van der Waals surface area contributed by atoms with E-state index in [2.05, 4.69) is 0 Å². The van der Waals surface area contributed by atoms with Crippen molar-refractivity contribution in [2.24, 2.45) is 5.73 Å². The highest BCUT2D eigenvalue weighted by Crippen LogP contribution is 2.30. The Labute approximate surface area is 118 Å². The molecule has 0 spiro atoms. The number of hydrogen-bond acceptors (Lipinski definition) is 2. The third-order valence-corrected chi connectivity index (χ3v) is 3.03. The minimum Gasteiger partial charge on any atom is -0.481 e. The zero-order chi connectivity index (χ0) is 15.6. The lowest BCUT2D eigenvalue weighted by Gasteiger charge is -2.15. The van der Waals surface area contributed by atoms with Crippen molar-refractivity contribution in [2.45, 2.75) is 18.6 Å². The number of benzene rings is 1. The van der Waals surface area contributed by atoms with Gasteiger partial charge in [-0.2, -0.15) is 13.2 Å². The van der Waals surface area contributed by atoms with Gasteiger partial charge in [-0.15, -0.1) is 0 Å². The lowest BCUT2D eigenvalue weighted by molar-refractivity contribution is -0.138. The summed E-state index contributed by atoms with van der Waals surface area (Å²) in [4.78, 5) is 10.7. The summed E-state index contributed by atoms with van der Waals surface area (Å²) in [6.07, 6.45) is -3.03. The van der Waals surface area contributed by atoms with Gasteiger partial charge in [-0.25, -0.2) is 0 Å². The number of carboxylic acid groups (broad SMARTS) is 1. The Morgan fingerprint density at radius 1 is 1.24 bits per heavy atom. The van der Waals surface area contributed by atoms with Crippen LogP contribution in [0.3, 0.4) is 0 Å². The predicted octanol–water partition coefficient (Wildman–Crippen LogP) is 2.97. The number of nitrogens with two attached hydrogens (primary N) is 1. The molecule has 1 heterocycles. The summed E-state index contributed by atoms with van der Waals surface area (Å²) in [6, 6.07) is 7.16. The number of aromatic nitrogens is 1. The van der Waals surface area contributed by atoms with Gasteiger partial charge in [0.2, 0.25) is 0 Å². The van der Waals surface area contributed by atoms with Gasteiger partial charge in [0, 0.05) is 17.6 Å². The van der Waals surface area contributed by atoms with Crippen molar-refractivity contribution in [3.8, 4) is 5.69 Å². The molecule has 1 aromatic heterocycles. The zero-order valence-electron chi connectivity index (χ0n) is 10.8. The molecule has 1 atom stereocenters. The molecule has 7 heteroatoms. The standard InChI is InChI=1S/C14H13F3N2O2/c15-14(16,17)9-3-5-10(6-4-9)19-7-1-2-12(19)11(18)8-13(20)21/h1-7,11H,8,18H2,(H,20,21). The first-order valence-electron chi connectivity index (χ1n) is 6.11. The van der Waals surface area contributed by atoms with Crippen LogP contribution in [0, 0.1) is 0 Å². The van der Waals surface area contributed by atoms with Crippen LogP contribution in [0.1, 0.15) is 23.7 Å². The molecule has 3 N–H and O–H groups in total. The van der Waals surface area contributed by atoms with Gasteiger partial charge >= 0.3 is 12.1 Å². The molecule has 0 radical (unpaired) electrons. The predicted molar refractivity (Wildman–Crippen MR) is 70.0 cm³/mol. The average Bonchev–Trinajstić information content (AvgIpc) is 2.86. The van der Waals surface area contributed by atoms with E-state index in [0.717, 1.165) is 12.1 Å². The summed E-state index contributed by atoms with van der Waals surface area (Å²) in [5.74, 6) is -1.04. The van der Waals surface area contributed by atoms with Crippen LogP contribution in [0.15, 0.2) is 42.6 Å². The van der Waals surface area contributed by atoms with E-state index < -0.39 is 23.8 Å². The van der Waals surface area contributed by atoms with Crippen LogP contribution in [0.5, 0.6) is 0 Å². The van der Waals surface area contributed by atoms with E-state index >= 15 is 0 Å². The monoisotopic (exact) mass is 298 g/mol. The van der Waals surface area contributed by atoms with Gasteiger partial charge in [0.25, 0.3) is 0 Å². The second kappa shape index (κ2) is 5.61. The van der Waals surface area contributed by atoms with Gasteiger partial charge in [-0.1, -0.05) is 0 Å². The van der Waals surface area contributed by atoms with E-state index in [4.69, 9.17) is 10.8 Å². The van der Waals surface area contributed by atoms with Crippen molar-refractivity contribution >= 4 is 5.97 Å². The number of carboxylic acids is 1. The van der Waals surface area contributed by atoms with Crippen molar-refractivity contribution < 1.29 is 23.1 Å². The first kappa shape index (κ1) is 15.1. The largest absolute Gasteiger partial charge is 0.481 e. The molecule has 0 aliphatic carbocycles. The summed E-state index contributed by atoms with van der Waals surface area (Å²) >= 11 is 0. The molecule has 0 saturated heterocycles. The highest BCUT2D eigenvalue weighted by atomic mass is 19.4. The summed E-state index contributed by atoms with van der Waals surface area (Å²) in [5, 5.41) is 8.76. The van der Waals surface area contributed by atoms with Crippen LogP contribution >= 0.6 is 0 Å². The number of halogens is 3.